The highest BCUT2D eigenvalue weighted by atomic mass is 16.5. The Balaban J connectivity index is 2.56. The molecule has 1 unspecified atom stereocenters. The summed E-state index contributed by atoms with van der Waals surface area (Å²) < 4.78 is 16.1. The smallest absolute Gasteiger partial charge is 0.161 e. The Labute approximate surface area is 125 Å². The quantitative estimate of drug-likeness (QED) is 0.915. The van der Waals surface area contributed by atoms with E-state index in [9.17, 15) is 0 Å². The van der Waals surface area contributed by atoms with Gasteiger partial charge in [-0.2, -0.15) is 0 Å². The zero-order chi connectivity index (χ0) is 15.4. The molecule has 112 valence electrons. The van der Waals surface area contributed by atoms with E-state index in [2.05, 4.69) is 0 Å². The molecule has 0 fully saturated rings. The van der Waals surface area contributed by atoms with Crippen molar-refractivity contribution in [1.29, 1.82) is 0 Å². The lowest BCUT2D eigenvalue weighted by molar-refractivity contribution is 0.355. The van der Waals surface area contributed by atoms with Gasteiger partial charge in [0.1, 0.15) is 5.75 Å². The Morgan fingerprint density at radius 1 is 0.810 bits per heavy atom. The monoisotopic (exact) mass is 287 g/mol. The van der Waals surface area contributed by atoms with Gasteiger partial charge in [-0.05, 0) is 42.3 Å². The number of hydrogen-bond acceptors (Lipinski definition) is 4. The maximum atomic E-state index is 5.97. The number of nitrogens with two attached hydrogens (primary N) is 1. The molecule has 21 heavy (non-hydrogen) atoms. The summed E-state index contributed by atoms with van der Waals surface area (Å²) in [7, 11) is 4.90. The predicted molar refractivity (Wildman–Crippen MR) is 84.1 cm³/mol. The fraction of sp³-hybridized carbons (Fsp3) is 0.294. The van der Waals surface area contributed by atoms with Crippen LogP contribution in [0.25, 0.3) is 11.1 Å². The Morgan fingerprint density at radius 2 is 1.43 bits per heavy atom. The van der Waals surface area contributed by atoms with Crippen molar-refractivity contribution in [1.82, 2.24) is 0 Å². The molecule has 0 aliphatic heterocycles. The van der Waals surface area contributed by atoms with Crippen molar-refractivity contribution in [3.63, 3.8) is 0 Å². The van der Waals surface area contributed by atoms with Crippen LogP contribution in [0, 0.1) is 0 Å². The Kier molecular flexibility index (Phi) is 4.70. The van der Waals surface area contributed by atoms with Gasteiger partial charge in [-0.3, -0.25) is 0 Å². The summed E-state index contributed by atoms with van der Waals surface area (Å²) in [6.45, 7) is 1.96. The Hall–Kier alpha value is -2.20. The molecule has 0 radical (unpaired) electrons. The van der Waals surface area contributed by atoms with Crippen molar-refractivity contribution < 1.29 is 14.2 Å². The molecular formula is C17H21NO3. The molecule has 0 heterocycles. The number of ether oxygens (including phenoxy) is 3. The van der Waals surface area contributed by atoms with Crippen molar-refractivity contribution in [3.05, 3.63) is 42.0 Å². The van der Waals surface area contributed by atoms with Gasteiger partial charge in [-0.1, -0.05) is 12.1 Å². The van der Waals surface area contributed by atoms with Crippen LogP contribution in [0.15, 0.2) is 36.4 Å². The molecule has 2 N–H and O–H groups in total. The summed E-state index contributed by atoms with van der Waals surface area (Å²) in [4.78, 5) is 0. The first-order valence-electron chi connectivity index (χ1n) is 6.76. The number of hydrogen-bond donors (Lipinski definition) is 1. The summed E-state index contributed by atoms with van der Waals surface area (Å²) >= 11 is 0. The van der Waals surface area contributed by atoms with Crippen molar-refractivity contribution in [3.8, 4) is 28.4 Å². The summed E-state index contributed by atoms with van der Waals surface area (Å²) in [6.07, 6.45) is 0. The molecule has 2 aromatic carbocycles. The molecule has 0 aromatic heterocycles. The van der Waals surface area contributed by atoms with Gasteiger partial charge in [0.25, 0.3) is 0 Å². The Morgan fingerprint density at radius 3 is 2.00 bits per heavy atom. The minimum atomic E-state index is -0.0326. The van der Waals surface area contributed by atoms with E-state index < -0.39 is 0 Å². The van der Waals surface area contributed by atoms with Crippen LogP contribution >= 0.6 is 0 Å². The molecule has 4 heteroatoms. The van der Waals surface area contributed by atoms with Crippen LogP contribution in [0.5, 0.6) is 17.2 Å². The third-order valence-corrected chi connectivity index (χ3v) is 3.44. The molecule has 0 bridgehead atoms. The fourth-order valence-electron chi connectivity index (χ4n) is 2.24. The summed E-state index contributed by atoms with van der Waals surface area (Å²) in [5.74, 6) is 2.18. The van der Waals surface area contributed by atoms with E-state index in [0.29, 0.717) is 11.5 Å². The van der Waals surface area contributed by atoms with E-state index in [1.807, 2.05) is 43.3 Å². The van der Waals surface area contributed by atoms with E-state index in [4.69, 9.17) is 19.9 Å². The summed E-state index contributed by atoms with van der Waals surface area (Å²) in [6, 6.07) is 11.7. The first-order chi connectivity index (χ1) is 10.1. The summed E-state index contributed by atoms with van der Waals surface area (Å²) in [5.41, 5.74) is 9.00. The van der Waals surface area contributed by atoms with E-state index in [1.54, 1.807) is 21.3 Å². The highest BCUT2D eigenvalue weighted by Gasteiger charge is 2.12. The van der Waals surface area contributed by atoms with Crippen LogP contribution in [-0.2, 0) is 0 Å². The van der Waals surface area contributed by atoms with Gasteiger partial charge < -0.3 is 19.9 Å². The SMILES string of the molecule is COc1ccc(-c2cc(C(C)N)ccc2OC)cc1OC. The molecule has 0 aliphatic rings. The van der Waals surface area contributed by atoms with Gasteiger partial charge in [0.2, 0.25) is 0 Å². The molecule has 0 aliphatic carbocycles. The molecule has 0 amide bonds. The second-order valence-corrected chi connectivity index (χ2v) is 4.82. The zero-order valence-electron chi connectivity index (χ0n) is 12.8. The fourth-order valence-corrected chi connectivity index (χ4v) is 2.24. The topological polar surface area (TPSA) is 53.7 Å². The third kappa shape index (κ3) is 3.11. The van der Waals surface area contributed by atoms with Crippen LogP contribution in [0.2, 0.25) is 0 Å². The van der Waals surface area contributed by atoms with Crippen LogP contribution in [0.4, 0.5) is 0 Å². The van der Waals surface area contributed by atoms with E-state index in [0.717, 1.165) is 22.4 Å². The molecule has 2 aromatic rings. The minimum Gasteiger partial charge on any atom is -0.496 e. The van der Waals surface area contributed by atoms with Crippen molar-refractivity contribution in [2.75, 3.05) is 21.3 Å². The highest BCUT2D eigenvalue weighted by molar-refractivity contribution is 5.73. The van der Waals surface area contributed by atoms with Crippen molar-refractivity contribution >= 4 is 0 Å². The van der Waals surface area contributed by atoms with E-state index in [-0.39, 0.29) is 6.04 Å². The molecule has 0 saturated carbocycles. The lowest BCUT2D eigenvalue weighted by Crippen LogP contribution is -2.05. The highest BCUT2D eigenvalue weighted by Crippen LogP contribution is 2.37. The van der Waals surface area contributed by atoms with E-state index in [1.165, 1.54) is 0 Å². The van der Waals surface area contributed by atoms with Crippen molar-refractivity contribution in [2.24, 2.45) is 5.73 Å². The van der Waals surface area contributed by atoms with Gasteiger partial charge in [0, 0.05) is 11.6 Å². The standard InChI is InChI=1S/C17H21NO3/c1-11(18)12-5-7-15(19-2)14(9-12)13-6-8-16(20-3)17(10-13)21-4/h5-11H,18H2,1-4H3. The normalized spacial score (nSPS) is 11.9. The lowest BCUT2D eigenvalue weighted by Gasteiger charge is -2.15. The lowest BCUT2D eigenvalue weighted by atomic mass is 9.99. The minimum absolute atomic E-state index is 0.0326. The second-order valence-electron chi connectivity index (χ2n) is 4.82. The van der Waals surface area contributed by atoms with Gasteiger partial charge >= 0.3 is 0 Å². The first kappa shape index (κ1) is 15.2. The van der Waals surface area contributed by atoms with E-state index >= 15 is 0 Å². The molecule has 4 nitrogen and oxygen atoms in total. The van der Waals surface area contributed by atoms with Crippen LogP contribution < -0.4 is 19.9 Å². The maximum absolute atomic E-state index is 5.97. The average molecular weight is 287 g/mol. The first-order valence-corrected chi connectivity index (χ1v) is 6.76. The molecule has 2 rings (SSSR count). The largest absolute Gasteiger partial charge is 0.496 e. The number of rotatable bonds is 5. The van der Waals surface area contributed by atoms with Gasteiger partial charge in [0.05, 0.1) is 21.3 Å². The predicted octanol–water partition coefficient (Wildman–Crippen LogP) is 3.40. The third-order valence-electron chi connectivity index (χ3n) is 3.44. The average Bonchev–Trinajstić information content (AvgIpc) is 2.53. The maximum Gasteiger partial charge on any atom is 0.161 e. The second kappa shape index (κ2) is 6.50. The molecular weight excluding hydrogens is 266 g/mol. The van der Waals surface area contributed by atoms with Gasteiger partial charge in [0.15, 0.2) is 11.5 Å². The van der Waals surface area contributed by atoms with Crippen LogP contribution in [0.1, 0.15) is 18.5 Å². The van der Waals surface area contributed by atoms with Crippen LogP contribution in [-0.4, -0.2) is 21.3 Å². The Bertz CT molecular complexity index is 623. The molecule has 0 spiro atoms. The van der Waals surface area contributed by atoms with Gasteiger partial charge in [-0.15, -0.1) is 0 Å². The number of methoxy groups -OCH3 is 3. The van der Waals surface area contributed by atoms with Gasteiger partial charge in [-0.25, -0.2) is 0 Å². The molecule has 0 saturated heterocycles. The van der Waals surface area contributed by atoms with Crippen molar-refractivity contribution in [2.45, 2.75) is 13.0 Å². The molecule has 1 atom stereocenters. The van der Waals surface area contributed by atoms with Crippen LogP contribution in [0.3, 0.4) is 0 Å². The zero-order valence-corrected chi connectivity index (χ0v) is 12.8. The number of benzene rings is 2. The summed E-state index contributed by atoms with van der Waals surface area (Å²) in [5, 5.41) is 0.